The lowest BCUT2D eigenvalue weighted by atomic mass is 9.93. The van der Waals surface area contributed by atoms with Gasteiger partial charge in [-0.15, -0.1) is 5.11 Å². The van der Waals surface area contributed by atoms with Gasteiger partial charge >= 0.3 is 5.97 Å². The average molecular weight is 280 g/mol. The predicted octanol–water partition coefficient (Wildman–Crippen LogP) is 3.17. The van der Waals surface area contributed by atoms with Crippen LogP contribution in [0.5, 0.6) is 0 Å². The van der Waals surface area contributed by atoms with Gasteiger partial charge in [-0.1, -0.05) is 30.3 Å². The molecule has 0 aromatic heterocycles. The summed E-state index contributed by atoms with van der Waals surface area (Å²) in [5, 5.41) is 7.77. The van der Waals surface area contributed by atoms with Crippen molar-refractivity contribution in [2.75, 3.05) is 7.11 Å². The van der Waals surface area contributed by atoms with Crippen molar-refractivity contribution in [1.82, 2.24) is 0 Å². The summed E-state index contributed by atoms with van der Waals surface area (Å²) in [5.41, 5.74) is 2.72. The van der Waals surface area contributed by atoms with Crippen LogP contribution in [-0.4, -0.2) is 19.0 Å². The van der Waals surface area contributed by atoms with Crippen LogP contribution < -0.4 is 0 Å². The average Bonchev–Trinajstić information content (AvgIpc) is 2.55. The fraction of sp³-hybridized carbons (Fsp3) is 0.125. The van der Waals surface area contributed by atoms with Crippen molar-refractivity contribution >= 4 is 11.9 Å². The topological polar surface area (TPSA) is 68.1 Å². The largest absolute Gasteiger partial charge is 0.465 e. The van der Waals surface area contributed by atoms with Gasteiger partial charge in [0, 0.05) is 5.56 Å². The predicted molar refractivity (Wildman–Crippen MR) is 75.3 cm³/mol. The number of fused-ring (bicyclic) bond motifs is 1. The van der Waals surface area contributed by atoms with Crippen LogP contribution in [0.15, 0.2) is 58.8 Å². The molecule has 0 spiro atoms. The zero-order valence-corrected chi connectivity index (χ0v) is 11.3. The van der Waals surface area contributed by atoms with E-state index < -0.39 is 0 Å². The van der Waals surface area contributed by atoms with E-state index in [1.54, 1.807) is 36.4 Å². The third kappa shape index (κ3) is 2.33. The molecule has 2 aromatic carbocycles. The minimum absolute atomic E-state index is 0.326. The minimum Gasteiger partial charge on any atom is -0.465 e. The lowest BCUT2D eigenvalue weighted by Gasteiger charge is -2.18. The molecular formula is C16H12N2O3. The lowest BCUT2D eigenvalue weighted by molar-refractivity contribution is 0.0600. The van der Waals surface area contributed by atoms with E-state index in [2.05, 4.69) is 15.0 Å². The van der Waals surface area contributed by atoms with Crippen molar-refractivity contribution in [2.24, 2.45) is 10.2 Å². The smallest absolute Gasteiger partial charge is 0.337 e. The molecule has 0 bridgehead atoms. The summed E-state index contributed by atoms with van der Waals surface area (Å²) in [7, 11) is 1.34. The number of hydrogen-bond donors (Lipinski definition) is 0. The summed E-state index contributed by atoms with van der Waals surface area (Å²) in [6.07, 6.45) is 0. The molecule has 0 aliphatic carbocycles. The number of ether oxygens (including phenoxy) is 1. The molecule has 1 heterocycles. The normalized spacial score (nSPS) is 16.4. The van der Waals surface area contributed by atoms with Gasteiger partial charge in [-0.3, -0.25) is 4.79 Å². The fourth-order valence-corrected chi connectivity index (χ4v) is 2.32. The Morgan fingerprint density at radius 2 is 1.81 bits per heavy atom. The van der Waals surface area contributed by atoms with E-state index in [4.69, 9.17) is 0 Å². The molecule has 0 radical (unpaired) electrons. The zero-order valence-electron chi connectivity index (χ0n) is 11.3. The first-order valence-corrected chi connectivity index (χ1v) is 6.43. The Bertz CT molecular complexity index is 735. The molecular weight excluding hydrogens is 268 g/mol. The Labute approximate surface area is 121 Å². The van der Waals surface area contributed by atoms with Gasteiger partial charge in [0.25, 0.3) is 5.91 Å². The van der Waals surface area contributed by atoms with Gasteiger partial charge < -0.3 is 4.74 Å². The number of benzene rings is 2. The highest BCUT2D eigenvalue weighted by atomic mass is 16.5. The van der Waals surface area contributed by atoms with E-state index in [-0.39, 0.29) is 17.9 Å². The highest BCUT2D eigenvalue weighted by Gasteiger charge is 2.24. The maximum atomic E-state index is 11.7. The number of methoxy groups -OCH3 is 1. The molecule has 2 aromatic rings. The zero-order chi connectivity index (χ0) is 14.8. The molecule has 21 heavy (non-hydrogen) atoms. The van der Waals surface area contributed by atoms with E-state index in [0.717, 1.165) is 11.1 Å². The molecule has 0 N–H and O–H groups in total. The molecule has 1 aliphatic heterocycles. The van der Waals surface area contributed by atoms with Crippen LogP contribution in [-0.2, 0) is 4.74 Å². The van der Waals surface area contributed by atoms with Gasteiger partial charge in [-0.05, 0) is 29.3 Å². The van der Waals surface area contributed by atoms with Gasteiger partial charge in [0.15, 0.2) is 0 Å². The number of azo groups is 1. The number of nitrogens with zero attached hydrogens (tertiary/aromatic N) is 2. The van der Waals surface area contributed by atoms with E-state index >= 15 is 0 Å². The monoisotopic (exact) mass is 280 g/mol. The summed E-state index contributed by atoms with van der Waals surface area (Å²) in [6, 6.07) is 13.9. The van der Waals surface area contributed by atoms with Gasteiger partial charge in [-0.25, -0.2) is 4.79 Å². The van der Waals surface area contributed by atoms with E-state index in [1.165, 1.54) is 7.11 Å². The molecule has 0 saturated heterocycles. The highest BCUT2D eigenvalue weighted by molar-refractivity contribution is 5.97. The number of amides is 1. The summed E-state index contributed by atoms with van der Waals surface area (Å²) < 4.78 is 4.67. The summed E-state index contributed by atoms with van der Waals surface area (Å²) in [5.74, 6) is -0.713. The van der Waals surface area contributed by atoms with Crippen LogP contribution in [0, 0.1) is 0 Å². The number of carbonyl (C=O) groups excluding carboxylic acids is 2. The van der Waals surface area contributed by atoms with Crippen LogP contribution in [0.25, 0.3) is 0 Å². The Morgan fingerprint density at radius 1 is 1.10 bits per heavy atom. The summed E-state index contributed by atoms with van der Waals surface area (Å²) in [6.45, 7) is 0. The number of carbonyl (C=O) groups is 2. The molecule has 1 unspecified atom stereocenters. The second-order valence-electron chi connectivity index (χ2n) is 4.62. The number of rotatable bonds is 2. The summed E-state index contributed by atoms with van der Waals surface area (Å²) >= 11 is 0. The Balaban J connectivity index is 1.99. The molecule has 5 heteroatoms. The van der Waals surface area contributed by atoms with Gasteiger partial charge in [0.05, 0.1) is 12.7 Å². The third-order valence-electron chi connectivity index (χ3n) is 3.40. The van der Waals surface area contributed by atoms with Gasteiger partial charge in [0.1, 0.15) is 6.04 Å². The number of hydrogen-bond acceptors (Lipinski definition) is 4. The van der Waals surface area contributed by atoms with Crippen molar-refractivity contribution in [3.05, 3.63) is 70.8 Å². The van der Waals surface area contributed by atoms with E-state index in [9.17, 15) is 9.59 Å². The van der Waals surface area contributed by atoms with Crippen LogP contribution in [0.1, 0.15) is 37.9 Å². The van der Waals surface area contributed by atoms with Gasteiger partial charge in [-0.2, -0.15) is 5.11 Å². The lowest BCUT2D eigenvalue weighted by Crippen LogP contribution is -2.11. The standard InChI is InChI=1S/C16H12N2O3/c1-21-16(20)11-8-6-10(7-9-11)14-12-4-2-3-5-13(12)15(19)18-17-14/h2-9,14H,1H3. The summed E-state index contributed by atoms with van der Waals surface area (Å²) in [4.78, 5) is 23.2. The molecule has 1 atom stereocenters. The Morgan fingerprint density at radius 3 is 2.52 bits per heavy atom. The van der Waals surface area contributed by atoms with Crippen molar-refractivity contribution in [1.29, 1.82) is 0 Å². The first-order chi connectivity index (χ1) is 10.2. The van der Waals surface area contributed by atoms with Crippen molar-refractivity contribution in [3.8, 4) is 0 Å². The van der Waals surface area contributed by atoms with Crippen LogP contribution >= 0.6 is 0 Å². The molecule has 5 nitrogen and oxygen atoms in total. The molecule has 1 amide bonds. The Hall–Kier alpha value is -2.82. The second-order valence-corrected chi connectivity index (χ2v) is 4.62. The van der Waals surface area contributed by atoms with Crippen LogP contribution in [0.2, 0.25) is 0 Å². The molecule has 3 rings (SSSR count). The first-order valence-electron chi connectivity index (χ1n) is 6.43. The Kier molecular flexibility index (Phi) is 3.31. The van der Waals surface area contributed by atoms with Crippen molar-refractivity contribution < 1.29 is 14.3 Å². The highest BCUT2D eigenvalue weighted by Crippen LogP contribution is 2.32. The van der Waals surface area contributed by atoms with Crippen LogP contribution in [0.3, 0.4) is 0 Å². The van der Waals surface area contributed by atoms with Gasteiger partial charge in [0.2, 0.25) is 0 Å². The second kappa shape index (κ2) is 5.28. The molecule has 0 fully saturated rings. The van der Waals surface area contributed by atoms with Crippen molar-refractivity contribution in [2.45, 2.75) is 6.04 Å². The quantitative estimate of drug-likeness (QED) is 0.793. The maximum Gasteiger partial charge on any atom is 0.337 e. The minimum atomic E-state index is -0.387. The molecule has 1 aliphatic rings. The fourth-order valence-electron chi connectivity index (χ4n) is 2.32. The molecule has 104 valence electrons. The van der Waals surface area contributed by atoms with Crippen LogP contribution in [0.4, 0.5) is 0 Å². The van der Waals surface area contributed by atoms with E-state index in [0.29, 0.717) is 11.1 Å². The first kappa shape index (κ1) is 13.2. The maximum absolute atomic E-state index is 11.7. The van der Waals surface area contributed by atoms with Crippen molar-refractivity contribution in [3.63, 3.8) is 0 Å². The number of esters is 1. The third-order valence-corrected chi connectivity index (χ3v) is 3.40. The SMILES string of the molecule is COC(=O)c1ccc(C2N=NC(=O)c3ccccc32)cc1. The molecule has 0 saturated carbocycles. The van der Waals surface area contributed by atoms with E-state index in [1.807, 2.05) is 12.1 Å².